The van der Waals surface area contributed by atoms with Crippen molar-refractivity contribution in [2.45, 2.75) is 6.42 Å². The molecule has 1 heterocycles. The Balaban J connectivity index is 1.54. The fourth-order valence-corrected chi connectivity index (χ4v) is 2.53. The Bertz CT molecular complexity index is 931. The average molecular weight is 388 g/mol. The maximum Gasteiger partial charge on any atom is 0.252 e. The van der Waals surface area contributed by atoms with Crippen molar-refractivity contribution >= 4 is 29.0 Å². The molecular weight excluding hydrogens is 372 g/mol. The van der Waals surface area contributed by atoms with Gasteiger partial charge >= 0.3 is 0 Å². The topological polar surface area (TPSA) is 54.0 Å². The molecule has 0 fully saturated rings. The molecule has 0 radical (unpaired) electrons. The molecule has 0 saturated heterocycles. The minimum atomic E-state index is -0.721. The third-order valence-electron chi connectivity index (χ3n) is 3.83. The van der Waals surface area contributed by atoms with E-state index in [1.54, 1.807) is 24.3 Å². The summed E-state index contributed by atoms with van der Waals surface area (Å²) >= 11 is 5.84. The van der Waals surface area contributed by atoms with E-state index in [4.69, 9.17) is 11.6 Å². The largest absolute Gasteiger partial charge is 0.352 e. The molecule has 0 bridgehead atoms. The number of amides is 1. The minimum Gasteiger partial charge on any atom is -0.352 e. The van der Waals surface area contributed by atoms with Gasteiger partial charge in [0.2, 0.25) is 0 Å². The van der Waals surface area contributed by atoms with Crippen molar-refractivity contribution in [3.63, 3.8) is 0 Å². The number of anilines is 2. The highest BCUT2D eigenvalue weighted by Gasteiger charge is 2.08. The van der Waals surface area contributed by atoms with Crippen LogP contribution < -0.4 is 10.6 Å². The van der Waals surface area contributed by atoms with Gasteiger partial charge in [-0.3, -0.25) is 4.79 Å². The second-order valence-electron chi connectivity index (χ2n) is 5.81. The van der Waals surface area contributed by atoms with Gasteiger partial charge in [0.1, 0.15) is 17.5 Å². The molecule has 0 unspecified atom stereocenters. The first-order chi connectivity index (χ1) is 13.0. The number of nitrogens with one attached hydrogen (secondary N) is 2. The highest BCUT2D eigenvalue weighted by molar-refractivity contribution is 6.30. The smallest absolute Gasteiger partial charge is 0.252 e. The van der Waals surface area contributed by atoms with Crippen molar-refractivity contribution in [3.8, 4) is 0 Å². The van der Waals surface area contributed by atoms with Crippen LogP contribution >= 0.6 is 11.6 Å². The molecule has 1 aromatic heterocycles. The second kappa shape index (κ2) is 8.60. The van der Waals surface area contributed by atoms with Crippen LogP contribution in [0.4, 0.5) is 20.3 Å². The molecule has 2 aromatic carbocycles. The Kier molecular flexibility index (Phi) is 5.98. The monoisotopic (exact) mass is 387 g/mol. The quantitative estimate of drug-likeness (QED) is 0.643. The minimum absolute atomic E-state index is 0.101. The van der Waals surface area contributed by atoms with Crippen molar-refractivity contribution in [1.29, 1.82) is 0 Å². The summed E-state index contributed by atoms with van der Waals surface area (Å²) in [5.41, 5.74) is 1.55. The number of aromatic nitrogens is 1. The van der Waals surface area contributed by atoms with E-state index < -0.39 is 11.6 Å². The van der Waals surface area contributed by atoms with E-state index in [0.29, 0.717) is 29.4 Å². The van der Waals surface area contributed by atoms with Crippen LogP contribution in [0.25, 0.3) is 0 Å². The van der Waals surface area contributed by atoms with Gasteiger partial charge in [-0.15, -0.1) is 0 Å². The molecule has 0 atom stereocenters. The average Bonchev–Trinajstić information content (AvgIpc) is 2.66. The molecule has 0 aliphatic heterocycles. The van der Waals surface area contributed by atoms with Gasteiger partial charge in [0, 0.05) is 23.8 Å². The zero-order valence-corrected chi connectivity index (χ0v) is 14.9. The van der Waals surface area contributed by atoms with Crippen LogP contribution in [-0.4, -0.2) is 17.4 Å². The number of rotatable bonds is 6. The van der Waals surface area contributed by atoms with Crippen molar-refractivity contribution < 1.29 is 13.6 Å². The van der Waals surface area contributed by atoms with Gasteiger partial charge in [0.05, 0.1) is 11.3 Å². The zero-order chi connectivity index (χ0) is 19.2. The highest BCUT2D eigenvalue weighted by Crippen LogP contribution is 2.19. The first-order valence-electron chi connectivity index (χ1n) is 8.22. The molecule has 7 heteroatoms. The normalized spacial score (nSPS) is 10.5. The third-order valence-corrected chi connectivity index (χ3v) is 4.08. The Morgan fingerprint density at radius 3 is 2.48 bits per heavy atom. The van der Waals surface area contributed by atoms with Gasteiger partial charge < -0.3 is 10.6 Å². The Labute approximate surface area is 160 Å². The molecular formula is C20H16ClF2N3O. The summed E-state index contributed by atoms with van der Waals surface area (Å²) in [7, 11) is 0. The van der Waals surface area contributed by atoms with E-state index in [0.717, 1.165) is 17.7 Å². The van der Waals surface area contributed by atoms with Gasteiger partial charge in [0.15, 0.2) is 0 Å². The van der Waals surface area contributed by atoms with Crippen LogP contribution in [0, 0.1) is 11.6 Å². The van der Waals surface area contributed by atoms with Crippen LogP contribution in [-0.2, 0) is 6.42 Å². The van der Waals surface area contributed by atoms with Crippen LogP contribution in [0.3, 0.4) is 0 Å². The van der Waals surface area contributed by atoms with Crippen LogP contribution in [0.5, 0.6) is 0 Å². The summed E-state index contributed by atoms with van der Waals surface area (Å²) in [6.07, 6.45) is 2.07. The number of hydrogen-bond donors (Lipinski definition) is 2. The van der Waals surface area contributed by atoms with Crippen molar-refractivity contribution in [3.05, 3.63) is 88.6 Å². The predicted molar refractivity (Wildman–Crippen MR) is 101 cm³/mol. The highest BCUT2D eigenvalue weighted by atomic mass is 35.5. The molecule has 4 nitrogen and oxygen atoms in total. The summed E-state index contributed by atoms with van der Waals surface area (Å²) in [4.78, 5) is 16.2. The van der Waals surface area contributed by atoms with E-state index in [-0.39, 0.29) is 11.6 Å². The fraction of sp³-hybridized carbons (Fsp3) is 0.100. The molecule has 0 aliphatic carbocycles. The maximum absolute atomic E-state index is 13.6. The molecule has 27 heavy (non-hydrogen) atoms. The van der Waals surface area contributed by atoms with Gasteiger partial charge in [-0.2, -0.15) is 0 Å². The zero-order valence-electron chi connectivity index (χ0n) is 14.2. The summed E-state index contributed by atoms with van der Waals surface area (Å²) in [6.45, 7) is 0.473. The molecule has 3 rings (SSSR count). The molecule has 2 N–H and O–H groups in total. The number of carbonyl (C=O) groups is 1. The van der Waals surface area contributed by atoms with Crippen LogP contribution in [0.15, 0.2) is 60.8 Å². The molecule has 0 spiro atoms. The lowest BCUT2D eigenvalue weighted by Gasteiger charge is -2.08. The summed E-state index contributed by atoms with van der Waals surface area (Å²) in [5, 5.41) is 6.22. The number of carbonyl (C=O) groups excluding carboxylic acids is 1. The van der Waals surface area contributed by atoms with Crippen molar-refractivity contribution in [2.75, 3.05) is 11.9 Å². The number of halogens is 3. The lowest BCUT2D eigenvalue weighted by atomic mass is 10.1. The van der Waals surface area contributed by atoms with Crippen molar-refractivity contribution in [1.82, 2.24) is 10.3 Å². The summed E-state index contributed by atoms with van der Waals surface area (Å²) in [5.74, 6) is -1.29. The number of nitrogens with zero attached hydrogens (tertiary/aromatic N) is 1. The third kappa shape index (κ3) is 5.24. The van der Waals surface area contributed by atoms with E-state index >= 15 is 0 Å². The molecule has 138 valence electrons. The molecule has 0 aliphatic rings. The number of benzene rings is 2. The van der Waals surface area contributed by atoms with Crippen LogP contribution in [0.1, 0.15) is 15.9 Å². The fourth-order valence-electron chi connectivity index (χ4n) is 2.40. The van der Waals surface area contributed by atoms with Crippen LogP contribution in [0.2, 0.25) is 5.02 Å². The van der Waals surface area contributed by atoms with Gasteiger partial charge in [-0.05, 0) is 48.4 Å². The summed E-state index contributed by atoms with van der Waals surface area (Å²) < 4.78 is 26.6. The molecule has 3 aromatic rings. The van der Waals surface area contributed by atoms with E-state index in [9.17, 15) is 13.6 Å². The molecule has 0 saturated carbocycles. The van der Waals surface area contributed by atoms with E-state index in [2.05, 4.69) is 15.6 Å². The van der Waals surface area contributed by atoms with E-state index in [1.807, 2.05) is 12.1 Å². The predicted octanol–water partition coefficient (Wildman–Crippen LogP) is 4.73. The number of hydrogen-bond acceptors (Lipinski definition) is 3. The second-order valence-corrected chi connectivity index (χ2v) is 6.25. The number of pyridine rings is 1. The summed E-state index contributed by atoms with van der Waals surface area (Å²) in [6, 6.07) is 13.8. The van der Waals surface area contributed by atoms with Gasteiger partial charge in [-0.25, -0.2) is 13.8 Å². The maximum atomic E-state index is 13.6. The lowest BCUT2D eigenvalue weighted by molar-refractivity contribution is 0.0954. The molecule has 1 amide bonds. The lowest BCUT2D eigenvalue weighted by Crippen LogP contribution is -2.25. The first-order valence-corrected chi connectivity index (χ1v) is 8.60. The Morgan fingerprint density at radius 2 is 1.81 bits per heavy atom. The first kappa shape index (κ1) is 18.8. The van der Waals surface area contributed by atoms with Gasteiger partial charge in [-0.1, -0.05) is 23.7 Å². The Hall–Kier alpha value is -2.99. The van der Waals surface area contributed by atoms with E-state index in [1.165, 1.54) is 12.3 Å². The SMILES string of the molecule is O=C(NCCc1ccc(Cl)cc1)c1ccc(Nc2ccc(F)cc2F)nc1. The Morgan fingerprint density at radius 1 is 1.04 bits per heavy atom. The standard InChI is InChI=1S/C20H16ClF2N3O/c21-15-4-1-13(2-5-15)9-10-24-20(27)14-3-8-19(25-12-14)26-18-7-6-16(22)11-17(18)23/h1-8,11-12H,9-10H2,(H,24,27)(H,25,26). The van der Waals surface area contributed by atoms with Gasteiger partial charge in [0.25, 0.3) is 5.91 Å². The van der Waals surface area contributed by atoms with Crippen molar-refractivity contribution in [2.24, 2.45) is 0 Å².